The van der Waals surface area contributed by atoms with Gasteiger partial charge in [0.1, 0.15) is 0 Å². The summed E-state index contributed by atoms with van der Waals surface area (Å²) in [6.07, 6.45) is 16.9. The Balaban J connectivity index is 1.23. The Morgan fingerprint density at radius 3 is 2.50 bits per heavy atom. The molecule has 166 valence electrons. The van der Waals surface area contributed by atoms with E-state index in [1.54, 1.807) is 6.20 Å². The second-order valence-corrected chi connectivity index (χ2v) is 12.0. The van der Waals surface area contributed by atoms with Crippen molar-refractivity contribution in [3.63, 3.8) is 0 Å². The predicted molar refractivity (Wildman–Crippen MR) is 117 cm³/mol. The molecule has 0 radical (unpaired) electrons. The van der Waals surface area contributed by atoms with Crippen LogP contribution in [0.25, 0.3) is 0 Å². The molecule has 0 amide bonds. The summed E-state index contributed by atoms with van der Waals surface area (Å²) in [6, 6.07) is 0.971. The molecule has 1 N–H and O–H groups in total. The molecule has 4 aliphatic carbocycles. The molecule has 5 aliphatic rings. The van der Waals surface area contributed by atoms with Gasteiger partial charge in [-0.1, -0.05) is 19.1 Å². The highest BCUT2D eigenvalue weighted by molar-refractivity contribution is 5.12. The maximum absolute atomic E-state index is 11.4. The minimum atomic E-state index is -0.290. The molecule has 1 aliphatic heterocycles. The van der Waals surface area contributed by atoms with Gasteiger partial charge in [0.2, 0.25) is 0 Å². The van der Waals surface area contributed by atoms with E-state index in [4.69, 9.17) is 0 Å². The Morgan fingerprint density at radius 2 is 1.73 bits per heavy atom. The highest BCUT2D eigenvalue weighted by Crippen LogP contribution is 2.67. The number of nitrogens with zero attached hydrogens (tertiary/aromatic N) is 4. The molecule has 1 saturated heterocycles. The molecule has 0 unspecified atom stereocenters. The Kier molecular flexibility index (Phi) is 4.62. The Labute approximate surface area is 181 Å². The molecule has 1 aromatic rings. The van der Waals surface area contributed by atoms with Crippen LogP contribution in [0.15, 0.2) is 12.4 Å². The molecule has 1 aromatic heterocycles. The van der Waals surface area contributed by atoms with E-state index >= 15 is 0 Å². The number of aromatic nitrogens is 3. The lowest BCUT2D eigenvalue weighted by atomic mass is 9.45. The fraction of sp³-hybridized carbons (Fsp3) is 0.920. The van der Waals surface area contributed by atoms with E-state index in [0.29, 0.717) is 11.3 Å². The highest BCUT2D eigenvalue weighted by atomic mass is 16.3. The van der Waals surface area contributed by atoms with E-state index in [0.717, 1.165) is 30.2 Å². The molecule has 5 fully saturated rings. The number of fused-ring (bicyclic) bond motifs is 5. The molecule has 4 saturated carbocycles. The van der Waals surface area contributed by atoms with E-state index < -0.39 is 0 Å². The van der Waals surface area contributed by atoms with Crippen molar-refractivity contribution >= 4 is 0 Å². The molecule has 5 heteroatoms. The number of aliphatic hydroxyl groups is 1. The molecule has 6 rings (SSSR count). The van der Waals surface area contributed by atoms with Crippen LogP contribution in [-0.2, 0) is 0 Å². The van der Waals surface area contributed by atoms with Crippen LogP contribution in [0.4, 0.5) is 0 Å². The number of aliphatic hydroxyl groups excluding tert-OH is 1. The average molecular weight is 413 g/mol. The van der Waals surface area contributed by atoms with Gasteiger partial charge in [-0.3, -0.25) is 0 Å². The van der Waals surface area contributed by atoms with E-state index in [9.17, 15) is 5.11 Å². The molecular formula is C25H40N4O. The summed E-state index contributed by atoms with van der Waals surface area (Å²) in [5, 5.41) is 19.7. The lowest BCUT2D eigenvalue weighted by Crippen LogP contribution is -2.55. The van der Waals surface area contributed by atoms with E-state index in [2.05, 4.69) is 29.1 Å². The van der Waals surface area contributed by atoms with E-state index in [1.165, 1.54) is 70.9 Å². The van der Waals surface area contributed by atoms with Crippen molar-refractivity contribution in [2.45, 2.75) is 96.2 Å². The molecule has 9 atom stereocenters. The third-order valence-electron chi connectivity index (χ3n) is 11.0. The zero-order valence-electron chi connectivity index (χ0n) is 18.9. The Morgan fingerprint density at radius 1 is 0.933 bits per heavy atom. The van der Waals surface area contributed by atoms with Crippen molar-refractivity contribution in [2.24, 2.45) is 34.5 Å². The van der Waals surface area contributed by atoms with Crippen LogP contribution in [0.5, 0.6) is 0 Å². The number of likely N-dealkylation sites (tertiary alicyclic amines) is 1. The first-order valence-corrected chi connectivity index (χ1v) is 12.8. The number of rotatable bonds is 2. The van der Waals surface area contributed by atoms with Gasteiger partial charge in [0.25, 0.3) is 0 Å². The van der Waals surface area contributed by atoms with Crippen molar-refractivity contribution in [3.05, 3.63) is 12.4 Å². The summed E-state index contributed by atoms with van der Waals surface area (Å²) in [7, 11) is 0. The van der Waals surface area contributed by atoms with Crippen molar-refractivity contribution in [1.29, 1.82) is 0 Å². The van der Waals surface area contributed by atoms with Gasteiger partial charge in [-0.25, -0.2) is 4.68 Å². The molecule has 0 bridgehead atoms. The summed E-state index contributed by atoms with van der Waals surface area (Å²) in [5.41, 5.74) is 0.574. The summed E-state index contributed by atoms with van der Waals surface area (Å²) >= 11 is 0. The smallest absolute Gasteiger partial charge is 0.0821 e. The summed E-state index contributed by atoms with van der Waals surface area (Å²) in [5.74, 6) is 3.20. The number of hydrogen-bond acceptors (Lipinski definition) is 4. The third kappa shape index (κ3) is 2.73. The summed E-state index contributed by atoms with van der Waals surface area (Å²) in [6.45, 7) is 7.75. The second kappa shape index (κ2) is 7.03. The predicted octanol–water partition coefficient (Wildman–Crippen LogP) is 4.30. The normalized spacial score (nSPS) is 51.4. The van der Waals surface area contributed by atoms with Gasteiger partial charge in [-0.2, -0.15) is 0 Å². The first-order valence-electron chi connectivity index (χ1n) is 12.8. The largest absolute Gasteiger partial charge is 0.390 e. The lowest BCUT2D eigenvalue weighted by Gasteiger charge is -2.61. The van der Waals surface area contributed by atoms with Crippen LogP contribution in [0, 0.1) is 34.5 Å². The van der Waals surface area contributed by atoms with Gasteiger partial charge in [0, 0.05) is 12.2 Å². The van der Waals surface area contributed by atoms with Crippen molar-refractivity contribution in [1.82, 2.24) is 19.9 Å². The zero-order valence-corrected chi connectivity index (χ0v) is 18.9. The number of hydrogen-bond donors (Lipinski definition) is 1. The monoisotopic (exact) mass is 412 g/mol. The van der Waals surface area contributed by atoms with Crippen LogP contribution in [-0.4, -0.2) is 50.2 Å². The topological polar surface area (TPSA) is 54.2 Å². The van der Waals surface area contributed by atoms with Crippen LogP contribution in [0.3, 0.4) is 0 Å². The molecular weight excluding hydrogens is 372 g/mol. The van der Waals surface area contributed by atoms with Crippen molar-refractivity contribution in [2.75, 3.05) is 13.1 Å². The molecule has 0 spiro atoms. The quantitative estimate of drug-likeness (QED) is 0.787. The minimum absolute atomic E-state index is 0.0493. The summed E-state index contributed by atoms with van der Waals surface area (Å²) in [4.78, 5) is 2.82. The van der Waals surface area contributed by atoms with E-state index in [-0.39, 0.29) is 17.6 Å². The minimum Gasteiger partial charge on any atom is -0.390 e. The van der Waals surface area contributed by atoms with Gasteiger partial charge in [0.05, 0.1) is 18.3 Å². The van der Waals surface area contributed by atoms with Gasteiger partial charge in [-0.15, -0.1) is 5.10 Å². The van der Waals surface area contributed by atoms with Crippen LogP contribution < -0.4 is 0 Å². The van der Waals surface area contributed by atoms with Gasteiger partial charge < -0.3 is 10.0 Å². The maximum Gasteiger partial charge on any atom is 0.0821 e. The fourth-order valence-electron chi connectivity index (χ4n) is 9.31. The van der Waals surface area contributed by atoms with E-state index in [1.807, 2.05) is 10.9 Å². The fourth-order valence-corrected chi connectivity index (χ4v) is 9.31. The van der Waals surface area contributed by atoms with Crippen LogP contribution >= 0.6 is 0 Å². The van der Waals surface area contributed by atoms with Gasteiger partial charge >= 0.3 is 0 Å². The van der Waals surface area contributed by atoms with Crippen LogP contribution in [0.1, 0.15) is 84.1 Å². The second-order valence-electron chi connectivity index (χ2n) is 12.0. The standard InChI is InChI=1S/C25H40N4O/c1-24-9-7-18(28-12-3-4-13-28)15-17(24)5-6-19-20(24)8-10-25(2)21(19)16-22(23(25)30)29-14-11-26-27-29/h11,14,17-23,30H,3-10,12-13,15-16H2,1-2H3/t17-,18-,19+,20-,21-,22-,23-,24-,25-/m0/s1. The SMILES string of the molecule is C[C@]12CC[C@H](N3CCCC3)C[C@@H]1CC[C@@H]1[C@@H]2CC[C@]2(C)[C@@H](O)[C@@H](n3ccnn3)C[C@@H]12. The first kappa shape index (κ1) is 19.7. The lowest BCUT2D eigenvalue weighted by molar-refractivity contribution is -0.129. The summed E-state index contributed by atoms with van der Waals surface area (Å²) < 4.78 is 1.94. The highest BCUT2D eigenvalue weighted by Gasteiger charge is 2.62. The molecule has 2 heterocycles. The third-order valence-corrected chi connectivity index (χ3v) is 11.0. The first-order chi connectivity index (χ1) is 14.5. The molecule has 0 aromatic carbocycles. The van der Waals surface area contributed by atoms with Gasteiger partial charge in [0.15, 0.2) is 0 Å². The van der Waals surface area contributed by atoms with Crippen LogP contribution in [0.2, 0.25) is 0 Å². The van der Waals surface area contributed by atoms with Crippen molar-refractivity contribution in [3.8, 4) is 0 Å². The molecule has 5 nitrogen and oxygen atoms in total. The van der Waals surface area contributed by atoms with Gasteiger partial charge in [-0.05, 0) is 112 Å². The maximum atomic E-state index is 11.4. The molecule has 30 heavy (non-hydrogen) atoms. The Hall–Kier alpha value is -0.940. The van der Waals surface area contributed by atoms with Crippen molar-refractivity contribution < 1.29 is 5.11 Å². The zero-order chi connectivity index (χ0) is 20.5. The Bertz CT molecular complexity index is 761. The average Bonchev–Trinajstić information content (AvgIpc) is 3.49.